The van der Waals surface area contributed by atoms with Gasteiger partial charge in [0.2, 0.25) is 0 Å². The van der Waals surface area contributed by atoms with Crippen LogP contribution in [0.2, 0.25) is 0 Å². The molecular formula is C13H24N2O2. The zero-order valence-electron chi connectivity index (χ0n) is 10.9. The van der Waals surface area contributed by atoms with Gasteiger partial charge in [0, 0.05) is 25.6 Å². The molecule has 0 spiro atoms. The van der Waals surface area contributed by atoms with E-state index in [1.54, 1.807) is 0 Å². The van der Waals surface area contributed by atoms with Crippen LogP contribution in [0.4, 0.5) is 0 Å². The van der Waals surface area contributed by atoms with Gasteiger partial charge in [-0.3, -0.25) is 10.1 Å². The summed E-state index contributed by atoms with van der Waals surface area (Å²) in [7, 11) is 0. The number of carbonyl (C=O) groups is 1. The van der Waals surface area contributed by atoms with Crippen molar-refractivity contribution in [3.8, 4) is 0 Å². The normalized spacial score (nSPS) is 32.7. The van der Waals surface area contributed by atoms with Crippen LogP contribution in [0.15, 0.2) is 0 Å². The number of esters is 1. The second-order valence-corrected chi connectivity index (χ2v) is 5.48. The molecule has 2 aliphatic rings. The minimum absolute atomic E-state index is 0.0253. The Kier molecular flexibility index (Phi) is 4.05. The van der Waals surface area contributed by atoms with E-state index < -0.39 is 5.72 Å². The van der Waals surface area contributed by atoms with Crippen LogP contribution in [-0.2, 0) is 9.53 Å². The largest absolute Gasteiger partial charge is 0.442 e. The zero-order chi connectivity index (χ0) is 12.3. The van der Waals surface area contributed by atoms with Crippen LogP contribution in [0.1, 0.15) is 46.0 Å². The molecule has 2 bridgehead atoms. The maximum Gasteiger partial charge on any atom is 0.310 e. The molecule has 4 nitrogen and oxygen atoms in total. The maximum absolute atomic E-state index is 12.0. The number of unbranched alkanes of at least 4 members (excludes halogenated alkanes) is 2. The van der Waals surface area contributed by atoms with Crippen molar-refractivity contribution in [2.75, 3.05) is 13.1 Å². The molecule has 0 aromatic rings. The minimum atomic E-state index is -0.402. The third kappa shape index (κ3) is 2.99. The highest BCUT2D eigenvalue weighted by Gasteiger charge is 2.48. The van der Waals surface area contributed by atoms with E-state index in [0.29, 0.717) is 6.04 Å². The molecule has 2 N–H and O–H groups in total. The van der Waals surface area contributed by atoms with Crippen molar-refractivity contribution in [3.63, 3.8) is 0 Å². The summed E-state index contributed by atoms with van der Waals surface area (Å²) in [5.74, 6) is -0.0182. The van der Waals surface area contributed by atoms with E-state index in [0.717, 1.165) is 32.4 Å². The van der Waals surface area contributed by atoms with E-state index in [4.69, 9.17) is 4.74 Å². The monoisotopic (exact) mass is 240 g/mol. The molecule has 17 heavy (non-hydrogen) atoms. The van der Waals surface area contributed by atoms with E-state index >= 15 is 0 Å². The summed E-state index contributed by atoms with van der Waals surface area (Å²) in [5, 5.41) is 6.67. The quantitative estimate of drug-likeness (QED) is 0.544. The van der Waals surface area contributed by atoms with Gasteiger partial charge in [0.25, 0.3) is 0 Å². The van der Waals surface area contributed by atoms with Crippen LogP contribution in [0.3, 0.4) is 0 Å². The highest BCUT2D eigenvalue weighted by molar-refractivity contribution is 5.72. The van der Waals surface area contributed by atoms with Gasteiger partial charge in [-0.15, -0.1) is 0 Å². The molecule has 98 valence electrons. The van der Waals surface area contributed by atoms with Crippen molar-refractivity contribution in [2.24, 2.45) is 5.92 Å². The lowest BCUT2D eigenvalue weighted by molar-refractivity contribution is -0.164. The van der Waals surface area contributed by atoms with E-state index in [9.17, 15) is 4.79 Å². The first-order valence-corrected chi connectivity index (χ1v) is 6.86. The van der Waals surface area contributed by atoms with Gasteiger partial charge in [0.15, 0.2) is 5.72 Å². The van der Waals surface area contributed by atoms with Crippen LogP contribution in [0.25, 0.3) is 0 Å². The lowest BCUT2D eigenvalue weighted by atomic mass is 10.0. The van der Waals surface area contributed by atoms with Gasteiger partial charge >= 0.3 is 5.97 Å². The molecule has 0 aromatic heterocycles. The standard InChI is InChI=1S/C13H24N2O2/c1-3-4-5-6-10(2)12(16)17-13-7-11(8-15-13)14-9-13/h10-11,14-15H,3-9H2,1-2H3/t10?,11-,13-/m1/s1. The molecule has 0 aliphatic carbocycles. The first-order valence-electron chi connectivity index (χ1n) is 6.86. The van der Waals surface area contributed by atoms with Crippen LogP contribution in [0.5, 0.6) is 0 Å². The highest BCUT2D eigenvalue weighted by atomic mass is 16.6. The average molecular weight is 240 g/mol. The third-order valence-electron chi connectivity index (χ3n) is 3.86. The van der Waals surface area contributed by atoms with Crippen molar-refractivity contribution in [3.05, 3.63) is 0 Å². The molecule has 0 radical (unpaired) electrons. The smallest absolute Gasteiger partial charge is 0.310 e. The van der Waals surface area contributed by atoms with Crippen LogP contribution in [0, 0.1) is 5.92 Å². The van der Waals surface area contributed by atoms with Crippen LogP contribution >= 0.6 is 0 Å². The number of hydrogen-bond donors (Lipinski definition) is 2. The fourth-order valence-electron chi connectivity index (χ4n) is 2.67. The fourth-order valence-corrected chi connectivity index (χ4v) is 2.67. The van der Waals surface area contributed by atoms with E-state index in [1.807, 2.05) is 6.92 Å². The predicted molar refractivity (Wildman–Crippen MR) is 66.5 cm³/mol. The molecule has 2 fully saturated rings. The van der Waals surface area contributed by atoms with Gasteiger partial charge in [-0.1, -0.05) is 33.1 Å². The molecule has 2 heterocycles. The van der Waals surface area contributed by atoms with Gasteiger partial charge < -0.3 is 10.1 Å². The SMILES string of the molecule is CCCCCC(C)C(=O)O[C@]12CN[C@@H](CN1)C2. The van der Waals surface area contributed by atoms with Crippen molar-refractivity contribution in [1.82, 2.24) is 10.6 Å². The Morgan fingerprint density at radius 1 is 1.53 bits per heavy atom. The Hall–Kier alpha value is -0.610. The Balaban J connectivity index is 1.76. The number of carbonyl (C=O) groups excluding carboxylic acids is 1. The predicted octanol–water partition coefficient (Wildman–Crippen LogP) is 1.41. The third-order valence-corrected chi connectivity index (χ3v) is 3.86. The summed E-state index contributed by atoms with van der Waals surface area (Å²) >= 11 is 0. The molecule has 0 aromatic carbocycles. The Labute approximate surface area is 103 Å². The molecule has 2 saturated heterocycles. The highest BCUT2D eigenvalue weighted by Crippen LogP contribution is 2.28. The molecule has 0 amide bonds. The first kappa shape index (κ1) is 12.8. The van der Waals surface area contributed by atoms with Crippen LogP contribution < -0.4 is 10.6 Å². The Bertz CT molecular complexity index is 273. The van der Waals surface area contributed by atoms with Gasteiger partial charge in [-0.05, 0) is 6.42 Å². The average Bonchev–Trinajstić information content (AvgIpc) is 2.88. The van der Waals surface area contributed by atoms with E-state index in [2.05, 4.69) is 17.6 Å². The lowest BCUT2D eigenvalue weighted by Gasteiger charge is -2.28. The molecule has 3 atom stereocenters. The second kappa shape index (κ2) is 5.36. The topological polar surface area (TPSA) is 50.4 Å². The van der Waals surface area contributed by atoms with Crippen LogP contribution in [-0.4, -0.2) is 30.8 Å². The fraction of sp³-hybridized carbons (Fsp3) is 0.923. The Morgan fingerprint density at radius 2 is 2.35 bits per heavy atom. The van der Waals surface area contributed by atoms with Crippen molar-refractivity contribution >= 4 is 5.97 Å². The second-order valence-electron chi connectivity index (χ2n) is 5.48. The lowest BCUT2D eigenvalue weighted by Crippen LogP contribution is -2.52. The maximum atomic E-state index is 12.0. The van der Waals surface area contributed by atoms with Crippen molar-refractivity contribution in [1.29, 1.82) is 0 Å². The molecule has 2 aliphatic heterocycles. The number of ether oxygens (including phenoxy) is 1. The molecular weight excluding hydrogens is 216 g/mol. The minimum Gasteiger partial charge on any atom is -0.442 e. The summed E-state index contributed by atoms with van der Waals surface area (Å²) < 4.78 is 5.67. The molecule has 0 saturated carbocycles. The summed E-state index contributed by atoms with van der Waals surface area (Å²) in [6, 6.07) is 0.484. The molecule has 1 unspecified atom stereocenters. The van der Waals surface area contributed by atoms with E-state index in [-0.39, 0.29) is 11.9 Å². The van der Waals surface area contributed by atoms with Gasteiger partial charge in [0.1, 0.15) is 0 Å². The van der Waals surface area contributed by atoms with Gasteiger partial charge in [-0.2, -0.15) is 0 Å². The molecule has 4 heteroatoms. The molecule has 2 rings (SSSR count). The summed E-state index contributed by atoms with van der Waals surface area (Å²) in [4.78, 5) is 12.0. The van der Waals surface area contributed by atoms with E-state index in [1.165, 1.54) is 12.8 Å². The zero-order valence-corrected chi connectivity index (χ0v) is 10.9. The van der Waals surface area contributed by atoms with Gasteiger partial charge in [-0.25, -0.2) is 0 Å². The van der Waals surface area contributed by atoms with Gasteiger partial charge in [0.05, 0.1) is 5.92 Å². The summed E-state index contributed by atoms with van der Waals surface area (Å²) in [6.45, 7) is 5.82. The number of piperazine rings is 1. The van der Waals surface area contributed by atoms with Crippen molar-refractivity contribution < 1.29 is 9.53 Å². The van der Waals surface area contributed by atoms with Crippen molar-refractivity contribution in [2.45, 2.75) is 57.7 Å². The number of rotatable bonds is 6. The summed E-state index contributed by atoms with van der Waals surface area (Å²) in [5.41, 5.74) is -0.402. The first-order chi connectivity index (χ1) is 8.15. The number of fused-ring (bicyclic) bond motifs is 2. The Morgan fingerprint density at radius 3 is 2.88 bits per heavy atom. The number of nitrogens with one attached hydrogen (secondary N) is 2. The summed E-state index contributed by atoms with van der Waals surface area (Å²) in [6.07, 6.45) is 5.37. The number of hydrogen-bond acceptors (Lipinski definition) is 4.